The van der Waals surface area contributed by atoms with Crippen molar-refractivity contribution in [2.24, 2.45) is 0 Å². The maximum atomic E-state index is 12.4. The second-order valence-electron chi connectivity index (χ2n) is 5.47. The maximum Gasteiger partial charge on any atom is 0.258 e. The van der Waals surface area contributed by atoms with Crippen molar-refractivity contribution in [3.8, 4) is 0 Å². The molecule has 22 heavy (non-hydrogen) atoms. The van der Waals surface area contributed by atoms with Crippen molar-refractivity contribution < 1.29 is 14.0 Å². The first kappa shape index (κ1) is 14.4. The van der Waals surface area contributed by atoms with Gasteiger partial charge in [-0.3, -0.25) is 9.59 Å². The number of hydrogen-bond acceptors (Lipinski definition) is 3. The van der Waals surface area contributed by atoms with Gasteiger partial charge in [-0.1, -0.05) is 25.0 Å². The Morgan fingerprint density at radius 2 is 1.82 bits per heavy atom. The summed E-state index contributed by atoms with van der Waals surface area (Å²) in [7, 11) is 0. The van der Waals surface area contributed by atoms with E-state index in [0.717, 1.165) is 25.7 Å². The number of nitrogens with one attached hydrogen (secondary N) is 2. The fraction of sp³-hybridized carbons (Fsp3) is 0.294. The third-order valence-corrected chi connectivity index (χ3v) is 3.89. The normalized spacial score (nSPS) is 14.7. The van der Waals surface area contributed by atoms with Gasteiger partial charge in [-0.25, -0.2) is 0 Å². The van der Waals surface area contributed by atoms with Crippen LogP contribution in [0.25, 0.3) is 0 Å². The average molecular weight is 298 g/mol. The number of benzene rings is 1. The van der Waals surface area contributed by atoms with Gasteiger partial charge >= 0.3 is 0 Å². The first-order valence-electron chi connectivity index (χ1n) is 7.47. The number of para-hydroxylation sites is 1. The zero-order chi connectivity index (χ0) is 15.4. The van der Waals surface area contributed by atoms with Gasteiger partial charge in [0.1, 0.15) is 6.26 Å². The highest BCUT2D eigenvalue weighted by Gasteiger charge is 2.20. The number of hydrogen-bond donors (Lipinski definition) is 2. The number of anilines is 1. The fourth-order valence-electron chi connectivity index (χ4n) is 2.71. The van der Waals surface area contributed by atoms with Crippen molar-refractivity contribution in [2.45, 2.75) is 31.7 Å². The summed E-state index contributed by atoms with van der Waals surface area (Å²) < 4.78 is 4.90. The van der Waals surface area contributed by atoms with Crippen LogP contribution in [0.2, 0.25) is 0 Å². The van der Waals surface area contributed by atoms with Gasteiger partial charge in [-0.2, -0.15) is 0 Å². The van der Waals surface area contributed by atoms with Crippen LogP contribution in [-0.2, 0) is 0 Å². The maximum absolute atomic E-state index is 12.4. The van der Waals surface area contributed by atoms with Crippen LogP contribution >= 0.6 is 0 Å². The highest BCUT2D eigenvalue weighted by molar-refractivity contribution is 6.08. The minimum absolute atomic E-state index is 0.144. The number of rotatable bonds is 4. The van der Waals surface area contributed by atoms with E-state index in [1.807, 2.05) is 0 Å². The Morgan fingerprint density at radius 1 is 1.05 bits per heavy atom. The molecule has 0 aliphatic heterocycles. The SMILES string of the molecule is O=C(Nc1ccccc1C(=O)NC1CCCC1)c1ccoc1. The molecule has 1 aromatic carbocycles. The summed E-state index contributed by atoms with van der Waals surface area (Å²) in [5.74, 6) is -0.440. The van der Waals surface area contributed by atoms with E-state index in [9.17, 15) is 9.59 Å². The van der Waals surface area contributed by atoms with Crippen LogP contribution in [0.5, 0.6) is 0 Å². The molecule has 3 rings (SSSR count). The molecule has 5 nitrogen and oxygen atoms in total. The lowest BCUT2D eigenvalue weighted by atomic mass is 10.1. The minimum atomic E-state index is -0.296. The Kier molecular flexibility index (Phi) is 4.23. The van der Waals surface area contributed by atoms with Crippen molar-refractivity contribution in [1.29, 1.82) is 0 Å². The van der Waals surface area contributed by atoms with Gasteiger partial charge in [-0.05, 0) is 31.0 Å². The Hall–Kier alpha value is -2.56. The molecular formula is C17H18N2O3. The molecule has 0 spiro atoms. The lowest BCUT2D eigenvalue weighted by Gasteiger charge is -2.14. The summed E-state index contributed by atoms with van der Waals surface area (Å²) in [6.07, 6.45) is 7.17. The molecule has 2 aromatic rings. The molecule has 1 heterocycles. The third-order valence-electron chi connectivity index (χ3n) is 3.89. The first-order chi connectivity index (χ1) is 10.7. The molecule has 1 fully saturated rings. The molecular weight excluding hydrogens is 280 g/mol. The largest absolute Gasteiger partial charge is 0.472 e. The van der Waals surface area contributed by atoms with Crippen LogP contribution in [0.1, 0.15) is 46.4 Å². The molecule has 1 aliphatic carbocycles. The average Bonchev–Trinajstić information content (AvgIpc) is 3.21. The quantitative estimate of drug-likeness (QED) is 0.910. The second-order valence-corrected chi connectivity index (χ2v) is 5.47. The van der Waals surface area contributed by atoms with Crippen molar-refractivity contribution in [3.05, 3.63) is 54.0 Å². The Bertz CT molecular complexity index is 658. The molecule has 1 saturated carbocycles. The van der Waals surface area contributed by atoms with Gasteiger partial charge in [0.2, 0.25) is 0 Å². The van der Waals surface area contributed by atoms with Crippen molar-refractivity contribution in [2.75, 3.05) is 5.32 Å². The van der Waals surface area contributed by atoms with E-state index in [-0.39, 0.29) is 17.9 Å². The van der Waals surface area contributed by atoms with E-state index in [1.54, 1.807) is 30.3 Å². The molecule has 2 N–H and O–H groups in total. The van der Waals surface area contributed by atoms with Gasteiger partial charge in [-0.15, -0.1) is 0 Å². The van der Waals surface area contributed by atoms with Crippen LogP contribution in [0.4, 0.5) is 5.69 Å². The zero-order valence-electron chi connectivity index (χ0n) is 12.2. The highest BCUT2D eigenvalue weighted by atomic mass is 16.3. The van der Waals surface area contributed by atoms with Gasteiger partial charge in [0.25, 0.3) is 11.8 Å². The van der Waals surface area contributed by atoms with E-state index >= 15 is 0 Å². The summed E-state index contributed by atoms with van der Waals surface area (Å²) in [5.41, 5.74) is 1.40. The monoisotopic (exact) mass is 298 g/mol. The van der Waals surface area contributed by atoms with Crippen molar-refractivity contribution in [3.63, 3.8) is 0 Å². The molecule has 0 bridgehead atoms. The Labute approximate surface area is 128 Å². The first-order valence-corrected chi connectivity index (χ1v) is 7.47. The van der Waals surface area contributed by atoms with Gasteiger partial charge < -0.3 is 15.1 Å². The summed E-state index contributed by atoms with van der Waals surface area (Å²) in [5, 5.41) is 5.79. The molecule has 2 amide bonds. The van der Waals surface area contributed by atoms with Gasteiger partial charge in [0.05, 0.1) is 23.1 Å². The predicted molar refractivity (Wildman–Crippen MR) is 82.8 cm³/mol. The summed E-state index contributed by atoms with van der Waals surface area (Å²) in [6, 6.07) is 8.84. The molecule has 0 radical (unpaired) electrons. The van der Waals surface area contributed by atoms with E-state index in [4.69, 9.17) is 4.42 Å². The number of amides is 2. The predicted octanol–water partition coefficient (Wildman–Crippen LogP) is 3.20. The zero-order valence-corrected chi connectivity index (χ0v) is 12.2. The highest BCUT2D eigenvalue weighted by Crippen LogP contribution is 2.20. The van der Waals surface area contributed by atoms with Gasteiger partial charge in [0, 0.05) is 6.04 Å². The standard InChI is InChI=1S/C17H18N2O3/c20-16(12-9-10-22-11-12)19-15-8-4-3-7-14(15)17(21)18-13-5-1-2-6-13/h3-4,7-11,13H,1-2,5-6H2,(H,18,21)(H,19,20). The Morgan fingerprint density at radius 3 is 2.55 bits per heavy atom. The van der Waals surface area contributed by atoms with Crippen LogP contribution in [0.15, 0.2) is 47.3 Å². The summed E-state index contributed by atoms with van der Waals surface area (Å²) >= 11 is 0. The molecule has 0 atom stereocenters. The summed E-state index contributed by atoms with van der Waals surface area (Å²) in [4.78, 5) is 24.5. The van der Waals surface area contributed by atoms with E-state index in [1.165, 1.54) is 12.5 Å². The van der Waals surface area contributed by atoms with E-state index in [2.05, 4.69) is 10.6 Å². The van der Waals surface area contributed by atoms with Crippen LogP contribution in [-0.4, -0.2) is 17.9 Å². The van der Waals surface area contributed by atoms with E-state index < -0.39 is 0 Å². The van der Waals surface area contributed by atoms with Crippen molar-refractivity contribution in [1.82, 2.24) is 5.32 Å². The smallest absolute Gasteiger partial charge is 0.258 e. The van der Waals surface area contributed by atoms with Crippen LogP contribution in [0.3, 0.4) is 0 Å². The van der Waals surface area contributed by atoms with Crippen LogP contribution in [0, 0.1) is 0 Å². The van der Waals surface area contributed by atoms with Gasteiger partial charge in [0.15, 0.2) is 0 Å². The molecule has 0 saturated heterocycles. The summed E-state index contributed by atoms with van der Waals surface area (Å²) in [6.45, 7) is 0. The Balaban J connectivity index is 1.74. The molecule has 1 aliphatic rings. The minimum Gasteiger partial charge on any atom is -0.472 e. The van der Waals surface area contributed by atoms with Crippen LogP contribution < -0.4 is 10.6 Å². The topological polar surface area (TPSA) is 71.3 Å². The number of furan rings is 1. The number of carbonyl (C=O) groups is 2. The third kappa shape index (κ3) is 3.19. The lowest BCUT2D eigenvalue weighted by molar-refractivity contribution is 0.0939. The lowest BCUT2D eigenvalue weighted by Crippen LogP contribution is -2.33. The van der Waals surface area contributed by atoms with E-state index in [0.29, 0.717) is 16.8 Å². The second kappa shape index (κ2) is 6.47. The molecule has 0 unspecified atom stereocenters. The molecule has 5 heteroatoms. The van der Waals surface area contributed by atoms with Crippen molar-refractivity contribution >= 4 is 17.5 Å². The fourth-order valence-corrected chi connectivity index (χ4v) is 2.71. The molecule has 114 valence electrons. The molecule has 1 aromatic heterocycles. The number of carbonyl (C=O) groups excluding carboxylic acids is 2.